The third-order valence-corrected chi connectivity index (χ3v) is 3.65. The molecule has 0 unspecified atom stereocenters. The van der Waals surface area contributed by atoms with Crippen molar-refractivity contribution in [2.45, 2.75) is 19.1 Å². The van der Waals surface area contributed by atoms with Crippen molar-refractivity contribution in [3.63, 3.8) is 0 Å². The van der Waals surface area contributed by atoms with Crippen molar-refractivity contribution in [3.8, 4) is 5.88 Å². The van der Waals surface area contributed by atoms with Gasteiger partial charge in [-0.25, -0.2) is 9.37 Å². The molecule has 0 bridgehead atoms. The Morgan fingerprint density at radius 3 is 2.70 bits per heavy atom. The van der Waals surface area contributed by atoms with Gasteiger partial charge in [-0.15, -0.1) is 0 Å². The monoisotopic (exact) mass is 382 g/mol. The molecule has 0 spiro atoms. The molecule has 27 heavy (non-hydrogen) atoms. The van der Waals surface area contributed by atoms with E-state index in [2.05, 4.69) is 25.0 Å². The number of carbonyl (C=O) groups is 1. The third-order valence-electron chi connectivity index (χ3n) is 3.65. The lowest BCUT2D eigenvalue weighted by Gasteiger charge is -2.13. The van der Waals surface area contributed by atoms with Gasteiger partial charge in [-0.2, -0.15) is 13.2 Å². The fourth-order valence-corrected chi connectivity index (χ4v) is 2.35. The van der Waals surface area contributed by atoms with Crippen LogP contribution in [0.2, 0.25) is 0 Å². The number of aromatic nitrogens is 3. The number of H-pyrrole nitrogens is 1. The van der Waals surface area contributed by atoms with Gasteiger partial charge in [0, 0.05) is 10.9 Å². The summed E-state index contributed by atoms with van der Waals surface area (Å²) in [5.41, 5.74) is 1.06. The van der Waals surface area contributed by atoms with Gasteiger partial charge in [0.15, 0.2) is 6.61 Å². The lowest BCUT2D eigenvalue weighted by molar-refractivity contribution is -0.154. The van der Waals surface area contributed by atoms with E-state index in [1.165, 1.54) is 18.3 Å². The average Bonchev–Trinajstić information content (AvgIpc) is 3.03. The number of ether oxygens (including phenoxy) is 1. The molecule has 1 amide bonds. The van der Waals surface area contributed by atoms with E-state index >= 15 is 0 Å². The topological polar surface area (TPSA) is 79.9 Å². The first kappa shape index (κ1) is 18.6. The number of hydrogen-bond donors (Lipinski definition) is 2. The normalized spacial score (nSPS) is 12.8. The molecule has 0 radical (unpaired) electrons. The van der Waals surface area contributed by atoms with Crippen molar-refractivity contribution in [2.75, 3.05) is 6.61 Å². The van der Waals surface area contributed by atoms with E-state index in [9.17, 15) is 22.4 Å². The molecule has 2 N–H and O–H groups in total. The smallest absolute Gasteiger partial charge is 0.422 e. The number of fused-ring (bicyclic) bond motifs is 1. The molecule has 3 aromatic rings. The van der Waals surface area contributed by atoms with Gasteiger partial charge in [0.25, 0.3) is 5.91 Å². The standard InChI is InChI=1S/C17H14F4N4O2/c1-9(14-6-23-15(7-22-14)27-8-17(19,20)21)24-16(26)13-4-10-2-3-11(18)5-12(10)25-13/h2-7,9,25H,8H2,1H3,(H,24,26)/t9-/m1/s1. The maximum atomic E-state index is 13.2. The van der Waals surface area contributed by atoms with E-state index in [1.807, 2.05) is 0 Å². The molecule has 0 aliphatic heterocycles. The molecule has 0 saturated carbocycles. The number of rotatable bonds is 5. The minimum atomic E-state index is -4.47. The van der Waals surface area contributed by atoms with E-state index in [0.717, 1.165) is 6.20 Å². The molecule has 3 rings (SSSR count). The van der Waals surface area contributed by atoms with Crippen LogP contribution in [-0.4, -0.2) is 33.6 Å². The summed E-state index contributed by atoms with van der Waals surface area (Å²) in [5.74, 6) is -1.14. The van der Waals surface area contributed by atoms with Crippen LogP contribution in [0.25, 0.3) is 10.9 Å². The largest absolute Gasteiger partial charge is 0.467 e. The Balaban J connectivity index is 1.65. The Morgan fingerprint density at radius 1 is 1.26 bits per heavy atom. The van der Waals surface area contributed by atoms with Crippen LogP contribution in [0.1, 0.15) is 29.1 Å². The summed E-state index contributed by atoms with van der Waals surface area (Å²) in [6.07, 6.45) is -2.20. The van der Waals surface area contributed by atoms with Gasteiger partial charge in [0.1, 0.15) is 11.5 Å². The molecule has 6 nitrogen and oxygen atoms in total. The van der Waals surface area contributed by atoms with Crippen LogP contribution in [0.5, 0.6) is 5.88 Å². The number of alkyl halides is 3. The van der Waals surface area contributed by atoms with Crippen LogP contribution in [0, 0.1) is 5.82 Å². The number of hydrogen-bond acceptors (Lipinski definition) is 4. The Kier molecular flexibility index (Phi) is 4.98. The molecule has 1 aromatic carbocycles. The summed E-state index contributed by atoms with van der Waals surface area (Å²) in [6, 6.07) is 5.13. The van der Waals surface area contributed by atoms with Crippen molar-refractivity contribution < 1.29 is 27.1 Å². The molecule has 142 valence electrons. The predicted molar refractivity (Wildman–Crippen MR) is 87.7 cm³/mol. The van der Waals surface area contributed by atoms with E-state index in [4.69, 9.17) is 0 Å². The molecule has 0 aliphatic rings. The maximum Gasteiger partial charge on any atom is 0.422 e. The second-order valence-electron chi connectivity index (χ2n) is 5.79. The lowest BCUT2D eigenvalue weighted by atomic mass is 10.2. The van der Waals surface area contributed by atoms with Crippen LogP contribution in [0.15, 0.2) is 36.7 Å². The van der Waals surface area contributed by atoms with Crippen LogP contribution in [-0.2, 0) is 0 Å². The van der Waals surface area contributed by atoms with Crippen LogP contribution in [0.3, 0.4) is 0 Å². The van der Waals surface area contributed by atoms with Gasteiger partial charge in [-0.3, -0.25) is 9.78 Å². The summed E-state index contributed by atoms with van der Waals surface area (Å²) in [4.78, 5) is 22.8. The van der Waals surface area contributed by atoms with Gasteiger partial charge in [0.2, 0.25) is 5.88 Å². The Labute approximate surface area is 150 Å². The minimum absolute atomic E-state index is 0.237. The first-order chi connectivity index (χ1) is 12.7. The van der Waals surface area contributed by atoms with Gasteiger partial charge in [0.05, 0.1) is 24.1 Å². The number of carbonyl (C=O) groups excluding carboxylic acids is 1. The highest BCUT2D eigenvalue weighted by molar-refractivity contribution is 5.98. The number of halogens is 4. The quantitative estimate of drug-likeness (QED) is 0.662. The highest BCUT2D eigenvalue weighted by Gasteiger charge is 2.28. The molecule has 0 fully saturated rings. The number of amides is 1. The molecule has 2 heterocycles. The summed E-state index contributed by atoms with van der Waals surface area (Å²) < 4.78 is 54.0. The van der Waals surface area contributed by atoms with Crippen LogP contribution >= 0.6 is 0 Å². The van der Waals surface area contributed by atoms with Gasteiger partial charge in [-0.05, 0) is 31.2 Å². The van der Waals surface area contributed by atoms with Gasteiger partial charge < -0.3 is 15.0 Å². The van der Waals surface area contributed by atoms with Gasteiger partial charge >= 0.3 is 6.18 Å². The van der Waals surface area contributed by atoms with Crippen LogP contribution < -0.4 is 10.1 Å². The Bertz CT molecular complexity index is 954. The summed E-state index contributed by atoms with van der Waals surface area (Å²) in [7, 11) is 0. The lowest BCUT2D eigenvalue weighted by Crippen LogP contribution is -2.27. The fraction of sp³-hybridized carbons (Fsp3) is 0.235. The first-order valence-corrected chi connectivity index (χ1v) is 7.82. The fourth-order valence-electron chi connectivity index (χ4n) is 2.35. The second-order valence-corrected chi connectivity index (χ2v) is 5.79. The molecule has 2 aromatic heterocycles. The molecular formula is C17H14F4N4O2. The van der Waals surface area contributed by atoms with Gasteiger partial charge in [-0.1, -0.05) is 0 Å². The minimum Gasteiger partial charge on any atom is -0.467 e. The Morgan fingerprint density at radius 2 is 2.04 bits per heavy atom. The number of nitrogens with one attached hydrogen (secondary N) is 2. The molecule has 0 aliphatic carbocycles. The zero-order chi connectivity index (χ0) is 19.6. The van der Waals surface area contributed by atoms with Crippen molar-refractivity contribution in [1.29, 1.82) is 0 Å². The second kappa shape index (κ2) is 7.22. The molecule has 10 heteroatoms. The Hall–Kier alpha value is -3.17. The van der Waals surface area contributed by atoms with E-state index in [-0.39, 0.29) is 11.6 Å². The number of nitrogens with zero attached hydrogens (tertiary/aromatic N) is 2. The molecule has 0 saturated heterocycles. The van der Waals surface area contributed by atoms with Crippen molar-refractivity contribution in [2.24, 2.45) is 0 Å². The highest BCUT2D eigenvalue weighted by Crippen LogP contribution is 2.19. The van der Waals surface area contributed by atoms with E-state index < -0.39 is 30.5 Å². The van der Waals surface area contributed by atoms with Crippen LogP contribution in [0.4, 0.5) is 17.6 Å². The van der Waals surface area contributed by atoms with Crippen molar-refractivity contribution in [3.05, 3.63) is 53.9 Å². The third kappa shape index (κ3) is 4.72. The summed E-state index contributed by atoms with van der Waals surface area (Å²) in [5, 5.41) is 3.36. The predicted octanol–water partition coefficient (Wildman–Crippen LogP) is 3.53. The maximum absolute atomic E-state index is 13.2. The average molecular weight is 382 g/mol. The number of aromatic amines is 1. The zero-order valence-electron chi connectivity index (χ0n) is 14.0. The first-order valence-electron chi connectivity index (χ1n) is 7.82. The SMILES string of the molecule is C[C@@H](NC(=O)c1cc2ccc(F)cc2[nH]1)c1cnc(OCC(F)(F)F)cn1. The summed E-state index contributed by atoms with van der Waals surface area (Å²) >= 11 is 0. The summed E-state index contributed by atoms with van der Waals surface area (Å²) in [6.45, 7) is 0.175. The molecule has 1 atom stereocenters. The van der Waals surface area contributed by atoms with E-state index in [1.54, 1.807) is 19.1 Å². The van der Waals surface area contributed by atoms with Crippen molar-refractivity contribution >= 4 is 16.8 Å². The molecular weight excluding hydrogens is 368 g/mol. The van der Waals surface area contributed by atoms with Crippen molar-refractivity contribution in [1.82, 2.24) is 20.3 Å². The number of benzene rings is 1. The highest BCUT2D eigenvalue weighted by atomic mass is 19.4. The van der Waals surface area contributed by atoms with E-state index in [0.29, 0.717) is 16.6 Å². The zero-order valence-corrected chi connectivity index (χ0v) is 14.0.